The van der Waals surface area contributed by atoms with Crippen LogP contribution in [0, 0.1) is 10.1 Å². The Bertz CT molecular complexity index is 814. The van der Waals surface area contributed by atoms with Gasteiger partial charge in [0.1, 0.15) is 29.4 Å². The molecule has 1 amide bonds. The van der Waals surface area contributed by atoms with Gasteiger partial charge >= 0.3 is 0 Å². The molecule has 130 valence electrons. The number of nitro benzene ring substituents is 1. The largest absolute Gasteiger partial charge is 0.496 e. The second-order valence-corrected chi connectivity index (χ2v) is 5.25. The summed E-state index contributed by atoms with van der Waals surface area (Å²) in [6, 6.07) is 9.19. The van der Waals surface area contributed by atoms with Crippen molar-refractivity contribution in [2.75, 3.05) is 32.3 Å². The zero-order valence-corrected chi connectivity index (χ0v) is 13.7. The summed E-state index contributed by atoms with van der Waals surface area (Å²) in [5, 5.41) is 11.1. The number of ether oxygens (including phenoxy) is 3. The number of benzene rings is 2. The van der Waals surface area contributed by atoms with Crippen LogP contribution in [-0.4, -0.2) is 38.2 Å². The van der Waals surface area contributed by atoms with Gasteiger partial charge in [-0.05, 0) is 18.2 Å². The highest BCUT2D eigenvalue weighted by Gasteiger charge is 2.30. The summed E-state index contributed by atoms with van der Waals surface area (Å²) >= 11 is 0. The number of hydrogen-bond donors (Lipinski definition) is 0. The van der Waals surface area contributed by atoms with Crippen LogP contribution < -0.4 is 19.1 Å². The second kappa shape index (κ2) is 6.68. The van der Waals surface area contributed by atoms with E-state index in [-0.39, 0.29) is 30.3 Å². The lowest BCUT2D eigenvalue weighted by molar-refractivity contribution is -0.384. The molecule has 1 heterocycles. The molecule has 0 aromatic heterocycles. The minimum absolute atomic E-state index is 0.117. The van der Waals surface area contributed by atoms with E-state index in [0.717, 1.165) is 0 Å². The van der Waals surface area contributed by atoms with Crippen molar-refractivity contribution in [3.8, 4) is 17.2 Å². The van der Waals surface area contributed by atoms with Crippen molar-refractivity contribution < 1.29 is 23.9 Å². The Hall–Kier alpha value is -3.29. The molecule has 0 saturated carbocycles. The molecule has 0 saturated heterocycles. The third-order valence-electron chi connectivity index (χ3n) is 3.90. The quantitative estimate of drug-likeness (QED) is 0.625. The fraction of sp³-hybridized carbons (Fsp3) is 0.235. The number of carbonyl (C=O) groups is 1. The molecule has 0 spiro atoms. The summed E-state index contributed by atoms with van der Waals surface area (Å²) in [5.41, 5.74) is 0.485. The molecule has 2 aromatic rings. The van der Waals surface area contributed by atoms with Gasteiger partial charge in [0, 0.05) is 12.1 Å². The summed E-state index contributed by atoms with van der Waals surface area (Å²) in [7, 11) is 2.92. The van der Waals surface area contributed by atoms with Gasteiger partial charge in [0.25, 0.3) is 11.6 Å². The van der Waals surface area contributed by atoms with Gasteiger partial charge in [-0.2, -0.15) is 0 Å². The lowest BCUT2D eigenvalue weighted by Gasteiger charge is -2.30. The third-order valence-corrected chi connectivity index (χ3v) is 3.90. The predicted molar refractivity (Wildman–Crippen MR) is 89.8 cm³/mol. The zero-order valence-electron chi connectivity index (χ0n) is 13.7. The van der Waals surface area contributed by atoms with Crippen LogP contribution in [0.3, 0.4) is 0 Å². The number of fused-ring (bicyclic) bond motifs is 1. The smallest absolute Gasteiger partial charge is 0.271 e. The second-order valence-electron chi connectivity index (χ2n) is 5.25. The van der Waals surface area contributed by atoms with Gasteiger partial charge in [0.05, 0.1) is 31.4 Å². The first-order valence-electron chi connectivity index (χ1n) is 7.51. The van der Waals surface area contributed by atoms with Gasteiger partial charge in [0.15, 0.2) is 0 Å². The molecule has 0 fully saturated rings. The average molecular weight is 344 g/mol. The van der Waals surface area contributed by atoms with Crippen LogP contribution in [0.1, 0.15) is 10.4 Å². The number of non-ortho nitro benzene ring substituents is 1. The maximum Gasteiger partial charge on any atom is 0.271 e. The Morgan fingerprint density at radius 2 is 1.88 bits per heavy atom. The number of rotatable bonds is 4. The van der Waals surface area contributed by atoms with E-state index in [1.54, 1.807) is 18.2 Å². The first kappa shape index (κ1) is 16.6. The molecule has 25 heavy (non-hydrogen) atoms. The first-order valence-corrected chi connectivity index (χ1v) is 7.51. The average Bonchev–Trinajstić information content (AvgIpc) is 2.65. The molecule has 1 aliphatic rings. The summed E-state index contributed by atoms with van der Waals surface area (Å²) < 4.78 is 16.1. The highest BCUT2D eigenvalue weighted by Crippen LogP contribution is 2.38. The predicted octanol–water partition coefficient (Wildman–Crippen LogP) is 2.65. The van der Waals surface area contributed by atoms with E-state index in [1.165, 1.54) is 37.3 Å². The van der Waals surface area contributed by atoms with Crippen LogP contribution in [0.2, 0.25) is 0 Å². The number of hydrogen-bond acceptors (Lipinski definition) is 6. The SMILES string of the molecule is COc1cccc(OC)c1C(=O)N1CCOc2ccc([N+](=O)[O-])cc21. The lowest BCUT2D eigenvalue weighted by atomic mass is 10.1. The topological polar surface area (TPSA) is 91.1 Å². The zero-order chi connectivity index (χ0) is 18.0. The van der Waals surface area contributed by atoms with E-state index in [4.69, 9.17) is 14.2 Å². The third kappa shape index (κ3) is 2.93. The fourth-order valence-electron chi connectivity index (χ4n) is 2.73. The van der Waals surface area contributed by atoms with Gasteiger partial charge in [-0.15, -0.1) is 0 Å². The van der Waals surface area contributed by atoms with Crippen LogP contribution >= 0.6 is 0 Å². The van der Waals surface area contributed by atoms with Gasteiger partial charge < -0.3 is 19.1 Å². The van der Waals surface area contributed by atoms with Crippen LogP contribution in [0.4, 0.5) is 11.4 Å². The number of nitrogens with zero attached hydrogens (tertiary/aromatic N) is 2. The number of nitro groups is 1. The molecule has 2 aromatic carbocycles. The van der Waals surface area contributed by atoms with Crippen molar-refractivity contribution in [3.63, 3.8) is 0 Å². The van der Waals surface area contributed by atoms with Crippen molar-refractivity contribution in [2.24, 2.45) is 0 Å². The van der Waals surface area contributed by atoms with Crippen molar-refractivity contribution >= 4 is 17.3 Å². The number of anilines is 1. The molecule has 0 unspecified atom stereocenters. The van der Waals surface area contributed by atoms with Gasteiger partial charge in [-0.25, -0.2) is 0 Å². The summed E-state index contributed by atoms with van der Waals surface area (Å²) in [6.07, 6.45) is 0. The van der Waals surface area contributed by atoms with E-state index >= 15 is 0 Å². The van der Waals surface area contributed by atoms with Crippen LogP contribution in [0.5, 0.6) is 17.2 Å². The Morgan fingerprint density at radius 1 is 1.20 bits per heavy atom. The molecule has 0 bridgehead atoms. The van der Waals surface area contributed by atoms with Crippen molar-refractivity contribution in [1.29, 1.82) is 0 Å². The molecule has 0 N–H and O–H groups in total. The van der Waals surface area contributed by atoms with E-state index in [0.29, 0.717) is 22.9 Å². The molecule has 8 nitrogen and oxygen atoms in total. The molecule has 0 aliphatic carbocycles. The van der Waals surface area contributed by atoms with Crippen LogP contribution in [0.15, 0.2) is 36.4 Å². The van der Waals surface area contributed by atoms with Crippen molar-refractivity contribution in [2.45, 2.75) is 0 Å². The van der Waals surface area contributed by atoms with Gasteiger partial charge in [-0.3, -0.25) is 14.9 Å². The lowest BCUT2D eigenvalue weighted by Crippen LogP contribution is -2.38. The monoisotopic (exact) mass is 344 g/mol. The minimum Gasteiger partial charge on any atom is -0.496 e. The maximum absolute atomic E-state index is 13.1. The summed E-state index contributed by atoms with van der Waals surface area (Å²) in [6.45, 7) is 0.544. The highest BCUT2D eigenvalue weighted by atomic mass is 16.6. The maximum atomic E-state index is 13.1. The van der Waals surface area contributed by atoms with Crippen LogP contribution in [0.25, 0.3) is 0 Å². The molecule has 8 heteroatoms. The van der Waals surface area contributed by atoms with E-state index < -0.39 is 4.92 Å². The number of amides is 1. The highest BCUT2D eigenvalue weighted by molar-refractivity contribution is 6.10. The molecule has 1 aliphatic heterocycles. The van der Waals surface area contributed by atoms with Gasteiger partial charge in [0.2, 0.25) is 0 Å². The van der Waals surface area contributed by atoms with Crippen LogP contribution in [-0.2, 0) is 0 Å². The standard InChI is InChI=1S/C17H16N2O6/c1-23-14-4-3-5-15(24-2)16(14)17(20)18-8-9-25-13-7-6-11(19(21)22)10-12(13)18/h3-7,10H,8-9H2,1-2H3. The molecular formula is C17H16N2O6. The Labute approximate surface area is 143 Å². The molecule has 0 radical (unpaired) electrons. The van der Waals surface area contributed by atoms with E-state index in [2.05, 4.69) is 0 Å². The fourth-order valence-corrected chi connectivity index (χ4v) is 2.73. The Kier molecular flexibility index (Phi) is 4.42. The first-order chi connectivity index (χ1) is 12.1. The Morgan fingerprint density at radius 3 is 2.48 bits per heavy atom. The van der Waals surface area contributed by atoms with Gasteiger partial charge in [-0.1, -0.05) is 6.07 Å². The summed E-state index contributed by atoms with van der Waals surface area (Å²) in [4.78, 5) is 25.1. The Balaban J connectivity index is 2.09. The molecule has 0 atom stereocenters. The summed E-state index contributed by atoms with van der Waals surface area (Å²) in [5.74, 6) is 0.768. The molecular weight excluding hydrogens is 328 g/mol. The normalized spacial score (nSPS) is 12.8. The van der Waals surface area contributed by atoms with E-state index in [1.807, 2.05) is 0 Å². The number of carbonyl (C=O) groups excluding carboxylic acids is 1. The minimum atomic E-state index is -0.513. The van der Waals surface area contributed by atoms with E-state index in [9.17, 15) is 14.9 Å². The number of methoxy groups -OCH3 is 2. The van der Waals surface area contributed by atoms with Crippen molar-refractivity contribution in [3.05, 3.63) is 52.1 Å². The molecule has 3 rings (SSSR count). The van der Waals surface area contributed by atoms with Crippen molar-refractivity contribution in [1.82, 2.24) is 0 Å².